The average Bonchev–Trinajstić information content (AvgIpc) is 2.36. The van der Waals surface area contributed by atoms with Crippen molar-refractivity contribution in [2.75, 3.05) is 20.2 Å². The van der Waals surface area contributed by atoms with Gasteiger partial charge in [-0.1, -0.05) is 0 Å². The number of aliphatic hydroxyl groups is 1. The zero-order valence-corrected chi connectivity index (χ0v) is 6.92. The number of nitrogens with zero attached hydrogens (tertiary/aromatic N) is 1. The molecule has 0 amide bonds. The number of ketones is 1. The van der Waals surface area contributed by atoms with E-state index < -0.39 is 0 Å². The lowest BCUT2D eigenvalue weighted by atomic mass is 10.2. The number of Topliss-reactive ketones (excluding diaryl/α,β-unsaturated/α-hetero) is 1. The molecule has 1 unspecified atom stereocenters. The van der Waals surface area contributed by atoms with Gasteiger partial charge in [-0.3, -0.25) is 9.69 Å². The van der Waals surface area contributed by atoms with Crippen molar-refractivity contribution in [2.24, 2.45) is 0 Å². The fraction of sp³-hybridized carbons (Fsp3) is 0.875. The van der Waals surface area contributed by atoms with E-state index in [1.807, 2.05) is 11.9 Å². The third-order valence-corrected chi connectivity index (χ3v) is 2.26. The number of carbonyl (C=O) groups excluding carboxylic acids is 1. The average molecular weight is 157 g/mol. The first-order valence-electron chi connectivity index (χ1n) is 4.09. The molecule has 64 valence electrons. The van der Waals surface area contributed by atoms with Crippen LogP contribution in [0.1, 0.15) is 19.3 Å². The predicted octanol–water partition coefficient (Wildman–Crippen LogP) is 0.0321. The van der Waals surface area contributed by atoms with E-state index in [0.29, 0.717) is 12.3 Å². The predicted molar refractivity (Wildman–Crippen MR) is 42.4 cm³/mol. The van der Waals surface area contributed by atoms with Crippen LogP contribution < -0.4 is 0 Å². The van der Waals surface area contributed by atoms with Crippen molar-refractivity contribution >= 4 is 5.78 Å². The second kappa shape index (κ2) is 3.83. The molecule has 3 nitrogen and oxygen atoms in total. The topological polar surface area (TPSA) is 40.5 Å². The second-order valence-electron chi connectivity index (χ2n) is 3.08. The number of carbonyl (C=O) groups is 1. The standard InChI is InChI=1S/C8H15NO2/c1-9(5-6-10)7-3-2-4-8(7)11/h7,10H,2-6H2,1H3. The lowest BCUT2D eigenvalue weighted by molar-refractivity contribution is -0.121. The van der Waals surface area contributed by atoms with Crippen molar-refractivity contribution in [2.45, 2.75) is 25.3 Å². The molecule has 0 aromatic rings. The molecular formula is C8H15NO2. The number of hydrogen-bond acceptors (Lipinski definition) is 3. The zero-order chi connectivity index (χ0) is 8.27. The quantitative estimate of drug-likeness (QED) is 0.628. The van der Waals surface area contributed by atoms with Crippen LogP contribution in [0.15, 0.2) is 0 Å². The summed E-state index contributed by atoms with van der Waals surface area (Å²) in [6.07, 6.45) is 2.70. The molecule has 0 aromatic carbocycles. The maximum Gasteiger partial charge on any atom is 0.149 e. The Morgan fingerprint density at radius 2 is 2.45 bits per heavy atom. The van der Waals surface area contributed by atoms with Crippen LogP contribution in [-0.2, 0) is 4.79 Å². The summed E-state index contributed by atoms with van der Waals surface area (Å²) in [5, 5.41) is 8.63. The molecule has 1 N–H and O–H groups in total. The van der Waals surface area contributed by atoms with Crippen LogP contribution in [-0.4, -0.2) is 42.0 Å². The Balaban J connectivity index is 2.39. The smallest absolute Gasteiger partial charge is 0.149 e. The summed E-state index contributed by atoms with van der Waals surface area (Å²) in [6, 6.07) is 0.0853. The van der Waals surface area contributed by atoms with E-state index in [9.17, 15) is 4.79 Å². The van der Waals surface area contributed by atoms with Crippen molar-refractivity contribution in [3.63, 3.8) is 0 Å². The summed E-state index contributed by atoms with van der Waals surface area (Å²) in [5.41, 5.74) is 0. The van der Waals surface area contributed by atoms with Crippen molar-refractivity contribution in [3.05, 3.63) is 0 Å². The van der Waals surface area contributed by atoms with Gasteiger partial charge in [0.1, 0.15) is 5.78 Å². The minimum absolute atomic E-state index is 0.0853. The first-order valence-corrected chi connectivity index (χ1v) is 4.09. The van der Waals surface area contributed by atoms with Gasteiger partial charge in [0, 0.05) is 13.0 Å². The van der Waals surface area contributed by atoms with Crippen LogP contribution in [0.2, 0.25) is 0 Å². The first-order chi connectivity index (χ1) is 5.25. The van der Waals surface area contributed by atoms with Crippen molar-refractivity contribution in [1.29, 1.82) is 0 Å². The van der Waals surface area contributed by atoms with Crippen LogP contribution in [0.25, 0.3) is 0 Å². The summed E-state index contributed by atoms with van der Waals surface area (Å²) >= 11 is 0. The van der Waals surface area contributed by atoms with Crippen LogP contribution in [0.5, 0.6) is 0 Å². The molecule has 0 heterocycles. The molecule has 1 rings (SSSR count). The Morgan fingerprint density at radius 3 is 2.91 bits per heavy atom. The Bertz CT molecular complexity index is 147. The molecule has 11 heavy (non-hydrogen) atoms. The molecule has 1 aliphatic rings. The fourth-order valence-corrected chi connectivity index (χ4v) is 1.58. The Labute approximate surface area is 67.0 Å². The maximum atomic E-state index is 11.2. The van der Waals surface area contributed by atoms with E-state index in [1.54, 1.807) is 0 Å². The van der Waals surface area contributed by atoms with E-state index in [4.69, 9.17) is 5.11 Å². The van der Waals surface area contributed by atoms with Gasteiger partial charge in [0.05, 0.1) is 12.6 Å². The molecule has 1 saturated carbocycles. The molecule has 0 spiro atoms. The first kappa shape index (κ1) is 8.68. The summed E-state index contributed by atoms with van der Waals surface area (Å²) in [7, 11) is 1.89. The highest BCUT2D eigenvalue weighted by molar-refractivity contribution is 5.85. The maximum absolute atomic E-state index is 11.2. The van der Waals surface area contributed by atoms with E-state index in [-0.39, 0.29) is 12.6 Å². The molecule has 0 bridgehead atoms. The molecule has 1 atom stereocenters. The number of aliphatic hydroxyl groups excluding tert-OH is 1. The highest BCUT2D eigenvalue weighted by Crippen LogP contribution is 2.18. The third-order valence-electron chi connectivity index (χ3n) is 2.26. The molecule has 1 fully saturated rings. The van der Waals surface area contributed by atoms with Crippen LogP contribution in [0.4, 0.5) is 0 Å². The van der Waals surface area contributed by atoms with Gasteiger partial charge in [0.25, 0.3) is 0 Å². The number of likely N-dealkylation sites (N-methyl/N-ethyl adjacent to an activating group) is 1. The SMILES string of the molecule is CN(CCO)C1CCCC1=O. The molecule has 0 aromatic heterocycles. The van der Waals surface area contributed by atoms with Gasteiger partial charge in [-0.05, 0) is 19.9 Å². The number of rotatable bonds is 3. The second-order valence-corrected chi connectivity index (χ2v) is 3.08. The lowest BCUT2D eigenvalue weighted by Crippen LogP contribution is -2.36. The van der Waals surface area contributed by atoms with Crippen molar-refractivity contribution in [1.82, 2.24) is 4.90 Å². The summed E-state index contributed by atoms with van der Waals surface area (Å²) in [6.45, 7) is 0.747. The lowest BCUT2D eigenvalue weighted by Gasteiger charge is -2.21. The van der Waals surface area contributed by atoms with Gasteiger partial charge >= 0.3 is 0 Å². The monoisotopic (exact) mass is 157 g/mol. The van der Waals surface area contributed by atoms with Gasteiger partial charge in [0.15, 0.2) is 0 Å². The third kappa shape index (κ3) is 2.01. The zero-order valence-electron chi connectivity index (χ0n) is 6.92. The van der Waals surface area contributed by atoms with Crippen molar-refractivity contribution in [3.8, 4) is 0 Å². The summed E-state index contributed by atoms with van der Waals surface area (Å²) in [5.74, 6) is 0.334. The van der Waals surface area contributed by atoms with E-state index in [0.717, 1.165) is 19.3 Å². The normalized spacial score (nSPS) is 25.0. The minimum atomic E-state index is 0.0853. The van der Waals surface area contributed by atoms with Crippen LogP contribution in [0.3, 0.4) is 0 Å². The molecular weight excluding hydrogens is 142 g/mol. The summed E-state index contributed by atoms with van der Waals surface area (Å²) in [4.78, 5) is 13.1. The Kier molecular flexibility index (Phi) is 3.02. The van der Waals surface area contributed by atoms with Gasteiger partial charge in [0.2, 0.25) is 0 Å². The largest absolute Gasteiger partial charge is 0.395 e. The Hall–Kier alpha value is -0.410. The Morgan fingerprint density at radius 1 is 1.73 bits per heavy atom. The number of hydrogen-bond donors (Lipinski definition) is 1. The fourth-order valence-electron chi connectivity index (χ4n) is 1.58. The van der Waals surface area contributed by atoms with E-state index >= 15 is 0 Å². The highest BCUT2D eigenvalue weighted by atomic mass is 16.3. The molecule has 0 radical (unpaired) electrons. The molecule has 0 aliphatic heterocycles. The van der Waals surface area contributed by atoms with Gasteiger partial charge in [-0.25, -0.2) is 0 Å². The highest BCUT2D eigenvalue weighted by Gasteiger charge is 2.27. The van der Waals surface area contributed by atoms with E-state index in [2.05, 4.69) is 0 Å². The minimum Gasteiger partial charge on any atom is -0.395 e. The van der Waals surface area contributed by atoms with Gasteiger partial charge in [-0.15, -0.1) is 0 Å². The van der Waals surface area contributed by atoms with Gasteiger partial charge in [-0.2, -0.15) is 0 Å². The van der Waals surface area contributed by atoms with Crippen molar-refractivity contribution < 1.29 is 9.90 Å². The van der Waals surface area contributed by atoms with E-state index in [1.165, 1.54) is 0 Å². The molecule has 0 saturated heterocycles. The summed E-state index contributed by atoms with van der Waals surface area (Å²) < 4.78 is 0. The van der Waals surface area contributed by atoms with Gasteiger partial charge < -0.3 is 5.11 Å². The van der Waals surface area contributed by atoms with Crippen LogP contribution in [0, 0.1) is 0 Å². The van der Waals surface area contributed by atoms with Crippen LogP contribution >= 0.6 is 0 Å². The molecule has 1 aliphatic carbocycles. The molecule has 3 heteroatoms.